The SMILES string of the molecule is CC1(Oc2ccc3c(c2)C(c2cc(N4CCC5(CCC(=O)N5)CC4)ncn2)=NC3)CC1. The van der Waals surface area contributed by atoms with Crippen molar-refractivity contribution in [3.63, 3.8) is 0 Å². The summed E-state index contributed by atoms with van der Waals surface area (Å²) in [5.41, 5.74) is 4.08. The van der Waals surface area contributed by atoms with E-state index < -0.39 is 0 Å². The van der Waals surface area contributed by atoms with Crippen molar-refractivity contribution in [3.8, 4) is 5.75 Å². The van der Waals surface area contributed by atoms with Crippen molar-refractivity contribution in [2.45, 2.75) is 63.1 Å². The van der Waals surface area contributed by atoms with Crippen LogP contribution in [0.3, 0.4) is 0 Å². The number of nitrogens with one attached hydrogen (secondary N) is 1. The molecule has 1 aromatic heterocycles. The van der Waals surface area contributed by atoms with Crippen LogP contribution in [-0.4, -0.2) is 45.8 Å². The number of aliphatic imine (C=N–C) groups is 1. The predicted octanol–water partition coefficient (Wildman–Crippen LogP) is 3.01. The van der Waals surface area contributed by atoms with Gasteiger partial charge >= 0.3 is 0 Å². The maximum atomic E-state index is 11.7. The van der Waals surface area contributed by atoms with Crippen molar-refractivity contribution in [1.29, 1.82) is 0 Å². The van der Waals surface area contributed by atoms with Gasteiger partial charge in [0.2, 0.25) is 5.91 Å². The number of fused-ring (bicyclic) bond motifs is 1. The number of ether oxygens (including phenoxy) is 1. The number of anilines is 1. The first-order valence-electron chi connectivity index (χ1n) is 11.3. The Labute approximate surface area is 181 Å². The van der Waals surface area contributed by atoms with Gasteiger partial charge in [-0.2, -0.15) is 0 Å². The van der Waals surface area contributed by atoms with Gasteiger partial charge in [0.05, 0.1) is 18.0 Å². The second kappa shape index (κ2) is 6.77. The maximum Gasteiger partial charge on any atom is 0.220 e. The average Bonchev–Trinajstić information content (AvgIpc) is 3.18. The van der Waals surface area contributed by atoms with E-state index in [9.17, 15) is 4.79 Å². The lowest BCUT2D eigenvalue weighted by molar-refractivity contribution is -0.119. The highest BCUT2D eigenvalue weighted by molar-refractivity contribution is 6.14. The Morgan fingerprint density at radius 1 is 1.06 bits per heavy atom. The van der Waals surface area contributed by atoms with Crippen LogP contribution in [0.25, 0.3) is 0 Å². The Hall–Kier alpha value is -2.96. The molecule has 1 amide bonds. The summed E-state index contributed by atoms with van der Waals surface area (Å²) in [6.07, 6.45) is 7.39. The number of nitrogens with zero attached hydrogens (tertiary/aromatic N) is 4. The predicted molar refractivity (Wildman–Crippen MR) is 118 cm³/mol. The van der Waals surface area contributed by atoms with Gasteiger partial charge < -0.3 is 15.0 Å². The van der Waals surface area contributed by atoms with Gasteiger partial charge in [-0.15, -0.1) is 0 Å². The molecule has 1 aromatic carbocycles. The zero-order valence-electron chi connectivity index (χ0n) is 17.9. The van der Waals surface area contributed by atoms with E-state index in [4.69, 9.17) is 9.73 Å². The minimum Gasteiger partial charge on any atom is -0.488 e. The zero-order valence-corrected chi connectivity index (χ0v) is 17.9. The first-order chi connectivity index (χ1) is 15.0. The number of amides is 1. The fourth-order valence-corrected chi connectivity index (χ4v) is 4.97. The van der Waals surface area contributed by atoms with Crippen molar-refractivity contribution in [1.82, 2.24) is 15.3 Å². The lowest BCUT2D eigenvalue weighted by Crippen LogP contribution is -2.51. The fraction of sp³-hybridized carbons (Fsp3) is 0.500. The van der Waals surface area contributed by atoms with Gasteiger partial charge in [-0.3, -0.25) is 9.79 Å². The summed E-state index contributed by atoms with van der Waals surface area (Å²) in [6, 6.07) is 8.33. The molecule has 4 aliphatic rings. The van der Waals surface area contributed by atoms with Crippen LogP contribution in [0.5, 0.6) is 5.75 Å². The van der Waals surface area contributed by atoms with Crippen LogP contribution in [0, 0.1) is 0 Å². The number of hydrogen-bond donors (Lipinski definition) is 1. The summed E-state index contributed by atoms with van der Waals surface area (Å²) in [6.45, 7) is 4.60. The Balaban J connectivity index is 1.22. The van der Waals surface area contributed by atoms with Crippen molar-refractivity contribution < 1.29 is 9.53 Å². The Morgan fingerprint density at radius 2 is 1.90 bits per heavy atom. The molecule has 0 unspecified atom stereocenters. The number of hydrogen-bond acceptors (Lipinski definition) is 6. The molecule has 0 bridgehead atoms. The van der Waals surface area contributed by atoms with Crippen molar-refractivity contribution in [2.24, 2.45) is 4.99 Å². The molecular weight excluding hydrogens is 390 g/mol. The number of rotatable bonds is 4. The van der Waals surface area contributed by atoms with Crippen LogP contribution in [0.15, 0.2) is 35.6 Å². The van der Waals surface area contributed by atoms with E-state index in [-0.39, 0.29) is 17.0 Å². The van der Waals surface area contributed by atoms with Gasteiger partial charge in [0.15, 0.2) is 0 Å². The molecule has 2 saturated heterocycles. The van der Waals surface area contributed by atoms with Crippen LogP contribution in [-0.2, 0) is 11.3 Å². The third kappa shape index (κ3) is 3.46. The van der Waals surface area contributed by atoms with E-state index in [1.807, 2.05) is 0 Å². The topological polar surface area (TPSA) is 79.7 Å². The molecule has 0 atom stereocenters. The van der Waals surface area contributed by atoms with Gasteiger partial charge in [-0.05, 0) is 56.7 Å². The Morgan fingerprint density at radius 3 is 2.65 bits per heavy atom. The molecule has 1 saturated carbocycles. The molecular formula is C24H27N5O2. The summed E-state index contributed by atoms with van der Waals surface area (Å²) in [5.74, 6) is 2.02. The average molecular weight is 418 g/mol. The van der Waals surface area contributed by atoms with Crippen LogP contribution in [0.4, 0.5) is 5.82 Å². The fourth-order valence-electron chi connectivity index (χ4n) is 4.97. The molecule has 2 aromatic rings. The van der Waals surface area contributed by atoms with Crippen molar-refractivity contribution in [3.05, 3.63) is 47.4 Å². The van der Waals surface area contributed by atoms with Crippen LogP contribution >= 0.6 is 0 Å². The van der Waals surface area contributed by atoms with E-state index in [2.05, 4.69) is 51.4 Å². The molecule has 1 aliphatic carbocycles. The van der Waals surface area contributed by atoms with E-state index in [1.54, 1.807) is 6.33 Å². The number of carbonyl (C=O) groups excluding carboxylic acids is 1. The first-order valence-corrected chi connectivity index (χ1v) is 11.3. The summed E-state index contributed by atoms with van der Waals surface area (Å²) in [7, 11) is 0. The van der Waals surface area contributed by atoms with Crippen LogP contribution in [0.2, 0.25) is 0 Å². The number of piperidine rings is 1. The zero-order chi connectivity index (χ0) is 21.1. The van der Waals surface area contributed by atoms with Gasteiger partial charge in [0, 0.05) is 36.7 Å². The number of aromatic nitrogens is 2. The standard InChI is InChI=1S/C24H27N5O2/c1-23(6-7-23)31-17-3-2-16-14-25-22(18(16)12-17)19-13-20(27-15-26-19)29-10-8-24(9-11-29)5-4-21(30)28-24/h2-3,12-13,15H,4-11,14H2,1H3,(H,28,30). The Kier molecular flexibility index (Phi) is 4.10. The van der Waals surface area contributed by atoms with Gasteiger partial charge in [0.25, 0.3) is 0 Å². The first kappa shape index (κ1) is 18.8. The van der Waals surface area contributed by atoms with Crippen LogP contribution in [0.1, 0.15) is 62.3 Å². The van der Waals surface area contributed by atoms with Crippen LogP contribution < -0.4 is 15.0 Å². The molecule has 7 nitrogen and oxygen atoms in total. The third-order valence-electron chi connectivity index (χ3n) is 7.24. The monoisotopic (exact) mass is 417 g/mol. The molecule has 31 heavy (non-hydrogen) atoms. The minimum atomic E-state index is -0.00742. The molecule has 3 aliphatic heterocycles. The number of benzene rings is 1. The number of carbonyl (C=O) groups is 1. The highest BCUT2D eigenvalue weighted by atomic mass is 16.5. The summed E-state index contributed by atoms with van der Waals surface area (Å²) in [4.78, 5) is 27.9. The van der Waals surface area contributed by atoms with E-state index in [1.165, 1.54) is 5.56 Å². The second-order valence-electron chi connectivity index (χ2n) is 9.61. The molecule has 6 rings (SSSR count). The second-order valence-corrected chi connectivity index (χ2v) is 9.61. The summed E-state index contributed by atoms with van der Waals surface area (Å²) < 4.78 is 6.17. The minimum absolute atomic E-state index is 0.00333. The largest absolute Gasteiger partial charge is 0.488 e. The van der Waals surface area contributed by atoms with Gasteiger partial charge in [-0.25, -0.2) is 9.97 Å². The van der Waals surface area contributed by atoms with E-state index in [0.717, 1.165) is 73.7 Å². The lowest BCUT2D eigenvalue weighted by Gasteiger charge is -2.39. The van der Waals surface area contributed by atoms with Gasteiger partial charge in [-0.1, -0.05) is 6.07 Å². The highest BCUT2D eigenvalue weighted by Gasteiger charge is 2.41. The van der Waals surface area contributed by atoms with Crippen molar-refractivity contribution >= 4 is 17.4 Å². The molecule has 1 N–H and O–H groups in total. The lowest BCUT2D eigenvalue weighted by atomic mass is 9.86. The quantitative estimate of drug-likeness (QED) is 0.827. The smallest absolute Gasteiger partial charge is 0.220 e. The molecule has 160 valence electrons. The molecule has 3 fully saturated rings. The molecule has 4 heterocycles. The summed E-state index contributed by atoms with van der Waals surface area (Å²) in [5, 5.41) is 3.20. The molecule has 7 heteroatoms. The third-order valence-corrected chi connectivity index (χ3v) is 7.24. The summed E-state index contributed by atoms with van der Waals surface area (Å²) >= 11 is 0. The van der Waals surface area contributed by atoms with E-state index in [0.29, 0.717) is 13.0 Å². The molecule has 0 radical (unpaired) electrons. The van der Waals surface area contributed by atoms with Gasteiger partial charge in [0.1, 0.15) is 23.5 Å². The maximum absolute atomic E-state index is 11.7. The van der Waals surface area contributed by atoms with Crippen molar-refractivity contribution in [2.75, 3.05) is 18.0 Å². The molecule has 1 spiro atoms. The normalized spacial score (nSPS) is 22.8. The Bertz CT molecular complexity index is 1080. The highest BCUT2D eigenvalue weighted by Crippen LogP contribution is 2.40. The van der Waals surface area contributed by atoms with E-state index >= 15 is 0 Å².